The van der Waals surface area contributed by atoms with Crippen LogP contribution in [-0.4, -0.2) is 60.7 Å². The molecule has 7 heteroatoms. The summed E-state index contributed by atoms with van der Waals surface area (Å²) in [6.45, 7) is 13.2. The highest BCUT2D eigenvalue weighted by atomic mass is 127. The van der Waals surface area contributed by atoms with Crippen molar-refractivity contribution in [2.45, 2.75) is 40.7 Å². The topological polar surface area (TPSA) is 57.5 Å². The summed E-state index contributed by atoms with van der Waals surface area (Å²) in [5.74, 6) is 1.97. The Morgan fingerprint density at radius 1 is 1.21 bits per heavy atom. The number of fused-ring (bicyclic) bond motifs is 1. The third-order valence-corrected chi connectivity index (χ3v) is 4.45. The average Bonchev–Trinajstić information content (AvgIpc) is 2.90. The summed E-state index contributed by atoms with van der Waals surface area (Å²) < 4.78 is 2.29. The maximum atomic E-state index is 4.79. The normalized spacial score (nSPS) is 12.3. The zero-order valence-corrected chi connectivity index (χ0v) is 20.6. The number of nitrogens with one attached hydrogen (secondary N) is 2. The minimum absolute atomic E-state index is 0. The Morgan fingerprint density at radius 3 is 2.61 bits per heavy atom. The molecule has 0 fully saturated rings. The first-order valence-corrected chi connectivity index (χ1v) is 9.91. The molecule has 0 unspecified atom stereocenters. The zero-order valence-electron chi connectivity index (χ0n) is 18.2. The van der Waals surface area contributed by atoms with E-state index in [0.717, 1.165) is 56.4 Å². The van der Waals surface area contributed by atoms with Crippen molar-refractivity contribution in [3.63, 3.8) is 0 Å². The van der Waals surface area contributed by atoms with Crippen molar-refractivity contribution in [1.29, 1.82) is 0 Å². The summed E-state index contributed by atoms with van der Waals surface area (Å²) in [6.07, 6.45) is 1.02. The Hall–Kier alpha value is -1.35. The molecule has 158 valence electrons. The standard InChI is InChI=1S/C21H36N6.HI/c1-7-22-20(24-15-21(3,4)16-26(5)6)23-13-10-14-27-17(2)25-18-11-8-9-12-19(18)27;/h8-9,11-12H,7,10,13-16H2,1-6H3,(H2,22,23,24);1H. The Morgan fingerprint density at radius 2 is 1.93 bits per heavy atom. The van der Waals surface area contributed by atoms with Crippen LogP contribution in [0.1, 0.15) is 33.0 Å². The lowest BCUT2D eigenvalue weighted by Gasteiger charge is -2.26. The van der Waals surface area contributed by atoms with Crippen LogP contribution in [0, 0.1) is 12.3 Å². The maximum Gasteiger partial charge on any atom is 0.191 e. The summed E-state index contributed by atoms with van der Waals surface area (Å²) >= 11 is 0. The Kier molecular flexibility index (Phi) is 10.2. The SMILES string of the molecule is CCNC(=NCC(C)(C)CN(C)C)NCCCn1c(C)nc2ccccc21.I. The lowest BCUT2D eigenvalue weighted by Crippen LogP contribution is -2.39. The highest BCUT2D eigenvalue weighted by Gasteiger charge is 2.18. The lowest BCUT2D eigenvalue weighted by atomic mass is 9.93. The van der Waals surface area contributed by atoms with Crippen molar-refractivity contribution in [1.82, 2.24) is 25.1 Å². The van der Waals surface area contributed by atoms with E-state index < -0.39 is 0 Å². The van der Waals surface area contributed by atoms with E-state index in [1.165, 1.54) is 5.52 Å². The lowest BCUT2D eigenvalue weighted by molar-refractivity contribution is 0.248. The van der Waals surface area contributed by atoms with Gasteiger partial charge in [-0.2, -0.15) is 0 Å². The quantitative estimate of drug-likeness (QED) is 0.240. The van der Waals surface area contributed by atoms with Crippen LogP contribution in [0.5, 0.6) is 0 Å². The average molecular weight is 500 g/mol. The van der Waals surface area contributed by atoms with Gasteiger partial charge < -0.3 is 20.1 Å². The summed E-state index contributed by atoms with van der Waals surface area (Å²) in [5, 5.41) is 6.82. The van der Waals surface area contributed by atoms with Gasteiger partial charge in [0.25, 0.3) is 0 Å². The van der Waals surface area contributed by atoms with Crippen LogP contribution in [0.3, 0.4) is 0 Å². The molecule has 28 heavy (non-hydrogen) atoms. The molecule has 2 N–H and O–H groups in total. The molecule has 0 atom stereocenters. The van der Waals surface area contributed by atoms with Gasteiger partial charge in [-0.1, -0.05) is 26.0 Å². The predicted octanol–water partition coefficient (Wildman–Crippen LogP) is 3.50. The molecule has 0 saturated carbocycles. The largest absolute Gasteiger partial charge is 0.357 e. The molecule has 0 aliphatic rings. The van der Waals surface area contributed by atoms with E-state index in [0.29, 0.717) is 0 Å². The first-order chi connectivity index (χ1) is 12.8. The van der Waals surface area contributed by atoms with Crippen molar-refractivity contribution >= 4 is 41.0 Å². The van der Waals surface area contributed by atoms with Gasteiger partial charge in [0, 0.05) is 32.7 Å². The Bertz CT molecular complexity index is 750. The molecule has 0 aliphatic carbocycles. The third-order valence-electron chi connectivity index (χ3n) is 4.45. The van der Waals surface area contributed by atoms with Crippen LogP contribution in [0.15, 0.2) is 29.3 Å². The molecule has 0 bridgehead atoms. The molecule has 0 radical (unpaired) electrons. The molecule has 2 rings (SSSR count). The van der Waals surface area contributed by atoms with Crippen LogP contribution >= 0.6 is 24.0 Å². The molecular formula is C21H37IN6. The minimum Gasteiger partial charge on any atom is -0.357 e. The van der Waals surface area contributed by atoms with Gasteiger partial charge in [-0.05, 0) is 51.9 Å². The molecule has 1 aromatic heterocycles. The molecule has 0 aliphatic heterocycles. The number of nitrogens with zero attached hydrogens (tertiary/aromatic N) is 4. The minimum atomic E-state index is 0. The number of aliphatic imine (C=N–C) groups is 1. The fourth-order valence-electron chi connectivity index (χ4n) is 3.46. The van der Waals surface area contributed by atoms with Gasteiger partial charge in [-0.3, -0.25) is 4.99 Å². The van der Waals surface area contributed by atoms with Crippen molar-refractivity contribution < 1.29 is 0 Å². The molecule has 6 nitrogen and oxygen atoms in total. The summed E-state index contributed by atoms with van der Waals surface area (Å²) in [4.78, 5) is 11.6. The van der Waals surface area contributed by atoms with Crippen molar-refractivity contribution in [3.8, 4) is 0 Å². The van der Waals surface area contributed by atoms with E-state index in [1.807, 2.05) is 6.07 Å². The fraction of sp³-hybridized carbons (Fsp3) is 0.619. The highest BCUT2D eigenvalue weighted by Crippen LogP contribution is 2.16. The Labute approximate surface area is 187 Å². The van der Waals surface area contributed by atoms with Gasteiger partial charge in [-0.15, -0.1) is 24.0 Å². The second kappa shape index (κ2) is 11.6. The fourth-order valence-corrected chi connectivity index (χ4v) is 3.46. The number of halogens is 1. The summed E-state index contributed by atoms with van der Waals surface area (Å²) in [5.41, 5.74) is 2.43. The van der Waals surface area contributed by atoms with E-state index in [4.69, 9.17) is 4.99 Å². The number of benzene rings is 1. The van der Waals surface area contributed by atoms with E-state index in [1.54, 1.807) is 0 Å². The number of para-hydroxylation sites is 2. The third kappa shape index (κ3) is 7.58. The smallest absolute Gasteiger partial charge is 0.191 e. The van der Waals surface area contributed by atoms with Gasteiger partial charge in [0.05, 0.1) is 11.0 Å². The number of guanidine groups is 1. The van der Waals surface area contributed by atoms with Crippen LogP contribution in [-0.2, 0) is 6.54 Å². The molecule has 0 spiro atoms. The van der Waals surface area contributed by atoms with Crippen LogP contribution < -0.4 is 10.6 Å². The number of aryl methyl sites for hydroxylation is 2. The number of aromatic nitrogens is 2. The van der Waals surface area contributed by atoms with Gasteiger partial charge in [0.1, 0.15) is 5.82 Å². The first-order valence-electron chi connectivity index (χ1n) is 9.91. The van der Waals surface area contributed by atoms with Crippen molar-refractivity contribution in [3.05, 3.63) is 30.1 Å². The molecule has 1 aromatic carbocycles. The zero-order chi connectivity index (χ0) is 19.9. The van der Waals surface area contributed by atoms with Crippen molar-refractivity contribution in [2.75, 3.05) is 40.3 Å². The van der Waals surface area contributed by atoms with Gasteiger partial charge >= 0.3 is 0 Å². The van der Waals surface area contributed by atoms with E-state index >= 15 is 0 Å². The van der Waals surface area contributed by atoms with Crippen molar-refractivity contribution in [2.24, 2.45) is 10.4 Å². The molecule has 2 aromatic rings. The summed E-state index contributed by atoms with van der Waals surface area (Å²) in [7, 11) is 4.22. The second-order valence-electron chi connectivity index (χ2n) is 8.18. The van der Waals surface area contributed by atoms with E-state index in [2.05, 4.69) is 85.1 Å². The molecule has 0 saturated heterocycles. The molecular weight excluding hydrogens is 463 g/mol. The van der Waals surface area contributed by atoms with Crippen LogP contribution in [0.2, 0.25) is 0 Å². The molecule has 1 heterocycles. The van der Waals surface area contributed by atoms with Gasteiger partial charge in [-0.25, -0.2) is 4.98 Å². The highest BCUT2D eigenvalue weighted by molar-refractivity contribution is 14.0. The number of hydrogen-bond acceptors (Lipinski definition) is 3. The number of hydrogen-bond donors (Lipinski definition) is 2. The maximum absolute atomic E-state index is 4.79. The van der Waals surface area contributed by atoms with Gasteiger partial charge in [0.2, 0.25) is 0 Å². The predicted molar refractivity (Wildman–Crippen MR) is 131 cm³/mol. The second-order valence-corrected chi connectivity index (χ2v) is 8.18. The Balaban J connectivity index is 0.00000392. The van der Waals surface area contributed by atoms with E-state index in [9.17, 15) is 0 Å². The van der Waals surface area contributed by atoms with Crippen LogP contribution in [0.25, 0.3) is 11.0 Å². The number of imidazole rings is 1. The first kappa shape index (κ1) is 24.7. The van der Waals surface area contributed by atoms with Crippen LogP contribution in [0.4, 0.5) is 0 Å². The molecule has 0 amide bonds. The van der Waals surface area contributed by atoms with E-state index in [-0.39, 0.29) is 29.4 Å². The van der Waals surface area contributed by atoms with Gasteiger partial charge in [0.15, 0.2) is 5.96 Å². The summed E-state index contributed by atoms with van der Waals surface area (Å²) in [6, 6.07) is 8.32. The monoisotopic (exact) mass is 500 g/mol. The number of rotatable bonds is 9.